The Morgan fingerprint density at radius 1 is 1.03 bits per heavy atom. The van der Waals surface area contributed by atoms with Crippen LogP contribution in [0.25, 0.3) is 5.70 Å². The lowest BCUT2D eigenvalue weighted by atomic mass is 9.84. The van der Waals surface area contributed by atoms with Crippen LogP contribution >= 0.6 is 0 Å². The first-order valence-electron chi connectivity index (χ1n) is 13.9. The van der Waals surface area contributed by atoms with Crippen LogP contribution in [0.1, 0.15) is 73.4 Å². The molecule has 5 rings (SSSR count). The van der Waals surface area contributed by atoms with E-state index in [1.807, 2.05) is 35.2 Å². The quantitative estimate of drug-likeness (QED) is 0.520. The van der Waals surface area contributed by atoms with Crippen molar-refractivity contribution in [2.75, 3.05) is 13.1 Å². The zero-order valence-electron chi connectivity index (χ0n) is 22.5. The molecular weight excluding hydrogens is 494 g/mol. The van der Waals surface area contributed by atoms with E-state index in [9.17, 15) is 14.4 Å². The summed E-state index contributed by atoms with van der Waals surface area (Å²) in [4.78, 5) is 46.2. The van der Waals surface area contributed by atoms with Crippen LogP contribution in [0.4, 0.5) is 0 Å². The van der Waals surface area contributed by atoms with Crippen molar-refractivity contribution in [2.45, 2.75) is 69.5 Å². The number of ether oxygens (including phenoxy) is 1. The lowest BCUT2D eigenvalue weighted by Gasteiger charge is -2.35. The van der Waals surface area contributed by atoms with Crippen LogP contribution in [-0.4, -0.2) is 47.0 Å². The summed E-state index contributed by atoms with van der Waals surface area (Å²) in [5.41, 5.74) is 8.93. The predicted molar refractivity (Wildman–Crippen MR) is 147 cm³/mol. The number of rotatable bonds is 7. The van der Waals surface area contributed by atoms with Gasteiger partial charge in [0.05, 0.1) is 5.70 Å². The highest BCUT2D eigenvalue weighted by molar-refractivity contribution is 5.96. The van der Waals surface area contributed by atoms with Gasteiger partial charge in [0.25, 0.3) is 11.8 Å². The lowest BCUT2D eigenvalue weighted by Crippen LogP contribution is -2.52. The number of piperidine rings is 1. The van der Waals surface area contributed by atoms with Crippen LogP contribution in [0.5, 0.6) is 0 Å². The molecule has 39 heavy (non-hydrogen) atoms. The fourth-order valence-electron chi connectivity index (χ4n) is 5.83. The number of esters is 1. The standard InChI is InChI=1S/C31H37N3O5/c1-30(29(37)38-31(28(32)36)15-6-3-7-16-31)21-26(33-39-30)24-11-8-12-25(20-24)27(35)34-17-13-23(14-18-34)19-22-9-4-2-5-10-22/h2,4-5,8-12,20-21,23,33H,3,6-7,13-19H2,1H3,(H2,32,36). The minimum atomic E-state index is -1.43. The molecular formula is C31H37N3O5. The SMILES string of the molecule is CC1(C(=O)OC2(C(N)=O)CCCCC2)C=C(c2cccc(C(=O)N3CCC(Cc4ccccc4)CC3)c2)NO1. The molecule has 0 radical (unpaired) electrons. The number of carbonyl (C=O) groups excluding carboxylic acids is 3. The molecule has 1 unspecified atom stereocenters. The van der Waals surface area contributed by atoms with Crippen molar-refractivity contribution in [2.24, 2.45) is 11.7 Å². The van der Waals surface area contributed by atoms with Gasteiger partial charge in [0.1, 0.15) is 0 Å². The topological polar surface area (TPSA) is 111 Å². The van der Waals surface area contributed by atoms with E-state index in [2.05, 4.69) is 29.7 Å². The number of amides is 2. The van der Waals surface area contributed by atoms with E-state index in [4.69, 9.17) is 15.3 Å². The molecule has 3 aliphatic rings. The second kappa shape index (κ2) is 11.2. The normalized spacial score (nSPS) is 23.0. The first-order valence-corrected chi connectivity index (χ1v) is 13.9. The number of benzene rings is 2. The van der Waals surface area contributed by atoms with Gasteiger partial charge in [-0.15, -0.1) is 0 Å². The second-order valence-electron chi connectivity index (χ2n) is 11.2. The van der Waals surface area contributed by atoms with Gasteiger partial charge in [0, 0.05) is 24.2 Å². The van der Waals surface area contributed by atoms with Crippen LogP contribution in [0.2, 0.25) is 0 Å². The zero-order chi connectivity index (χ0) is 27.5. The Morgan fingerprint density at radius 2 is 1.74 bits per heavy atom. The maximum atomic E-state index is 13.3. The van der Waals surface area contributed by atoms with Crippen LogP contribution in [0, 0.1) is 5.92 Å². The highest BCUT2D eigenvalue weighted by atomic mass is 16.7. The number of hydrogen-bond donors (Lipinski definition) is 2. The number of primary amides is 1. The number of nitrogens with one attached hydrogen (secondary N) is 1. The third-order valence-corrected chi connectivity index (χ3v) is 8.29. The van der Waals surface area contributed by atoms with Crippen molar-refractivity contribution in [3.8, 4) is 0 Å². The Labute approximate surface area is 229 Å². The first-order chi connectivity index (χ1) is 18.8. The molecule has 2 aromatic carbocycles. The molecule has 8 nitrogen and oxygen atoms in total. The molecule has 0 bridgehead atoms. The summed E-state index contributed by atoms with van der Waals surface area (Å²) in [6.07, 6.45) is 8.00. The van der Waals surface area contributed by atoms with Crippen LogP contribution in [0.15, 0.2) is 60.7 Å². The Morgan fingerprint density at radius 3 is 2.44 bits per heavy atom. The Hall–Kier alpha value is -3.65. The zero-order valence-corrected chi connectivity index (χ0v) is 22.5. The largest absolute Gasteiger partial charge is 0.446 e. The van der Waals surface area contributed by atoms with Gasteiger partial charge >= 0.3 is 5.97 Å². The molecule has 3 N–H and O–H groups in total. The van der Waals surface area contributed by atoms with Crippen molar-refractivity contribution >= 4 is 23.5 Å². The summed E-state index contributed by atoms with van der Waals surface area (Å²) in [7, 11) is 0. The van der Waals surface area contributed by atoms with Gasteiger partial charge in [-0.1, -0.05) is 48.9 Å². The summed E-state index contributed by atoms with van der Waals surface area (Å²) < 4.78 is 5.72. The number of carbonyl (C=O) groups is 3. The van der Waals surface area contributed by atoms with Gasteiger partial charge in [-0.2, -0.15) is 0 Å². The van der Waals surface area contributed by atoms with Gasteiger partial charge < -0.3 is 15.4 Å². The highest BCUT2D eigenvalue weighted by Gasteiger charge is 2.48. The molecule has 1 saturated carbocycles. The summed E-state index contributed by atoms with van der Waals surface area (Å²) in [6, 6.07) is 17.8. The molecule has 0 spiro atoms. The Balaban J connectivity index is 1.23. The number of likely N-dealkylation sites (tertiary alicyclic amines) is 1. The monoisotopic (exact) mass is 531 g/mol. The van der Waals surface area contributed by atoms with Crippen molar-refractivity contribution < 1.29 is 24.0 Å². The molecule has 2 heterocycles. The number of nitrogens with two attached hydrogens (primary N) is 1. The number of nitrogens with zero attached hydrogens (tertiary/aromatic N) is 1. The van der Waals surface area contributed by atoms with Crippen molar-refractivity contribution in [1.82, 2.24) is 10.4 Å². The van der Waals surface area contributed by atoms with E-state index in [1.54, 1.807) is 13.0 Å². The highest BCUT2D eigenvalue weighted by Crippen LogP contribution is 2.35. The van der Waals surface area contributed by atoms with Crippen LogP contribution in [-0.2, 0) is 25.6 Å². The van der Waals surface area contributed by atoms with Crippen molar-refractivity contribution in [3.05, 3.63) is 77.4 Å². The number of hydrogen-bond acceptors (Lipinski definition) is 6. The van der Waals surface area contributed by atoms with Gasteiger partial charge in [-0.3, -0.25) is 19.9 Å². The maximum absolute atomic E-state index is 13.3. The van der Waals surface area contributed by atoms with E-state index >= 15 is 0 Å². The molecule has 206 valence electrons. The Kier molecular flexibility index (Phi) is 7.75. The van der Waals surface area contributed by atoms with E-state index in [0.717, 1.165) is 57.2 Å². The smallest absolute Gasteiger partial charge is 0.346 e. The summed E-state index contributed by atoms with van der Waals surface area (Å²) in [6.45, 7) is 3.05. The van der Waals surface area contributed by atoms with Crippen LogP contribution in [0.3, 0.4) is 0 Å². The van der Waals surface area contributed by atoms with E-state index in [0.29, 0.717) is 30.0 Å². The lowest BCUT2D eigenvalue weighted by molar-refractivity contribution is -0.188. The average molecular weight is 532 g/mol. The average Bonchev–Trinajstić information content (AvgIpc) is 3.37. The van der Waals surface area contributed by atoms with E-state index < -0.39 is 23.1 Å². The summed E-state index contributed by atoms with van der Waals surface area (Å²) in [5.74, 6) is -0.717. The Bertz CT molecular complexity index is 1250. The molecule has 8 heteroatoms. The van der Waals surface area contributed by atoms with Gasteiger partial charge in [0.15, 0.2) is 5.60 Å². The molecule has 2 aromatic rings. The molecule has 1 saturated heterocycles. The molecule has 1 atom stereocenters. The molecule has 0 aromatic heterocycles. The van der Waals surface area contributed by atoms with Crippen molar-refractivity contribution in [1.29, 1.82) is 0 Å². The minimum Gasteiger partial charge on any atom is -0.446 e. The third kappa shape index (κ3) is 5.86. The van der Waals surface area contributed by atoms with Gasteiger partial charge in [0.2, 0.25) is 5.60 Å². The fraction of sp³-hybridized carbons (Fsp3) is 0.452. The third-order valence-electron chi connectivity index (χ3n) is 8.29. The molecule has 2 fully saturated rings. The van der Waals surface area contributed by atoms with Gasteiger partial charge in [-0.25, -0.2) is 4.79 Å². The molecule has 2 amide bonds. The van der Waals surface area contributed by atoms with Crippen LogP contribution < -0.4 is 11.2 Å². The summed E-state index contributed by atoms with van der Waals surface area (Å²) in [5, 5.41) is 0. The first kappa shape index (κ1) is 26.9. The number of hydroxylamine groups is 1. The van der Waals surface area contributed by atoms with Crippen molar-refractivity contribution in [3.63, 3.8) is 0 Å². The molecule has 1 aliphatic carbocycles. The molecule has 2 aliphatic heterocycles. The van der Waals surface area contributed by atoms with E-state index in [-0.39, 0.29) is 5.91 Å². The van der Waals surface area contributed by atoms with Gasteiger partial charge in [-0.05, 0) is 81.6 Å². The predicted octanol–water partition coefficient (Wildman–Crippen LogP) is 4.15. The second-order valence-corrected chi connectivity index (χ2v) is 11.2. The fourth-order valence-corrected chi connectivity index (χ4v) is 5.83. The van der Waals surface area contributed by atoms with E-state index in [1.165, 1.54) is 5.56 Å². The minimum absolute atomic E-state index is 0.00241. The maximum Gasteiger partial charge on any atom is 0.346 e. The summed E-state index contributed by atoms with van der Waals surface area (Å²) >= 11 is 0.